The van der Waals surface area contributed by atoms with Crippen LogP contribution in [0.3, 0.4) is 0 Å². The maximum absolute atomic E-state index is 11.8. The van der Waals surface area contributed by atoms with Gasteiger partial charge in [0.25, 0.3) is 15.0 Å². The van der Waals surface area contributed by atoms with Gasteiger partial charge in [0.15, 0.2) is 0 Å². The van der Waals surface area contributed by atoms with E-state index in [1.165, 1.54) is 37.7 Å². The summed E-state index contributed by atoms with van der Waals surface area (Å²) in [6.45, 7) is 0.0907. The number of halogens is 1. The second-order valence-corrected chi connectivity index (χ2v) is 6.65. The molecular formula is C12H12ClN3O4S. The van der Waals surface area contributed by atoms with Crippen molar-refractivity contribution in [2.45, 2.75) is 11.4 Å². The molecule has 0 saturated heterocycles. The lowest BCUT2D eigenvalue weighted by Gasteiger charge is -2.10. The summed E-state index contributed by atoms with van der Waals surface area (Å²) in [5.74, 6) is 0.108. The monoisotopic (exact) mass is 329 g/mol. The van der Waals surface area contributed by atoms with Crippen molar-refractivity contribution in [2.24, 2.45) is 0 Å². The van der Waals surface area contributed by atoms with E-state index in [9.17, 15) is 13.2 Å². The Bertz CT molecular complexity index is 744. The molecule has 0 aliphatic rings. The van der Waals surface area contributed by atoms with E-state index in [0.29, 0.717) is 16.9 Å². The lowest BCUT2D eigenvalue weighted by Crippen LogP contribution is -2.22. The maximum Gasteiger partial charge on any atom is 0.261 e. The highest BCUT2D eigenvalue weighted by atomic mass is 35.7. The van der Waals surface area contributed by atoms with E-state index in [1.807, 2.05) is 0 Å². The summed E-state index contributed by atoms with van der Waals surface area (Å²) in [5.41, 5.74) is 0.867. The normalized spacial score (nSPS) is 11.1. The van der Waals surface area contributed by atoms with Crippen LogP contribution in [0.1, 0.15) is 15.9 Å². The molecule has 1 aromatic carbocycles. The topological polar surface area (TPSA) is 101 Å². The SMILES string of the molecule is COc1ccc(S(=O)(=O)Cl)cc1CNC(=O)c1cn[nH]c1. The van der Waals surface area contributed by atoms with Crippen molar-refractivity contribution in [3.8, 4) is 5.75 Å². The van der Waals surface area contributed by atoms with Crippen LogP contribution in [-0.2, 0) is 15.6 Å². The summed E-state index contributed by atoms with van der Waals surface area (Å²) in [4.78, 5) is 11.7. The van der Waals surface area contributed by atoms with Gasteiger partial charge < -0.3 is 10.1 Å². The molecule has 0 unspecified atom stereocenters. The van der Waals surface area contributed by atoms with Crippen molar-refractivity contribution < 1.29 is 17.9 Å². The molecular weight excluding hydrogens is 318 g/mol. The van der Waals surface area contributed by atoms with Crippen molar-refractivity contribution >= 4 is 25.6 Å². The number of carbonyl (C=O) groups excluding carboxylic acids is 1. The van der Waals surface area contributed by atoms with E-state index in [-0.39, 0.29) is 17.3 Å². The highest BCUT2D eigenvalue weighted by Crippen LogP contribution is 2.24. The van der Waals surface area contributed by atoms with E-state index in [2.05, 4.69) is 15.5 Å². The molecule has 2 aromatic rings. The van der Waals surface area contributed by atoms with Crippen molar-refractivity contribution in [3.63, 3.8) is 0 Å². The van der Waals surface area contributed by atoms with E-state index < -0.39 is 9.05 Å². The number of nitrogens with zero attached hydrogens (tertiary/aromatic N) is 1. The van der Waals surface area contributed by atoms with Crippen molar-refractivity contribution in [1.29, 1.82) is 0 Å². The van der Waals surface area contributed by atoms with Crippen LogP contribution in [0.25, 0.3) is 0 Å². The summed E-state index contributed by atoms with van der Waals surface area (Å²) in [6.07, 6.45) is 2.83. The molecule has 0 saturated carbocycles. The standard InChI is InChI=1S/C12H12ClN3O4S/c1-20-11-3-2-10(21(13,18)19)4-8(11)5-14-12(17)9-6-15-16-7-9/h2-4,6-7H,5H2,1H3,(H,14,17)(H,15,16). The molecule has 0 aliphatic heterocycles. The third-order valence-electron chi connectivity index (χ3n) is 2.73. The first kappa shape index (κ1) is 15.3. The molecule has 0 aliphatic carbocycles. The van der Waals surface area contributed by atoms with Crippen molar-refractivity contribution in [3.05, 3.63) is 41.7 Å². The fourth-order valence-electron chi connectivity index (χ4n) is 1.70. The summed E-state index contributed by atoms with van der Waals surface area (Å²) < 4.78 is 27.8. The molecule has 0 fully saturated rings. The smallest absolute Gasteiger partial charge is 0.261 e. The van der Waals surface area contributed by atoms with Crippen LogP contribution in [0.2, 0.25) is 0 Å². The summed E-state index contributed by atoms with van der Waals surface area (Å²) in [7, 11) is 2.91. The number of H-pyrrole nitrogens is 1. The second kappa shape index (κ2) is 6.15. The highest BCUT2D eigenvalue weighted by Gasteiger charge is 2.14. The summed E-state index contributed by atoms with van der Waals surface area (Å²) >= 11 is 0. The molecule has 0 radical (unpaired) electrons. The maximum atomic E-state index is 11.8. The second-order valence-electron chi connectivity index (χ2n) is 4.08. The number of carbonyl (C=O) groups is 1. The lowest BCUT2D eigenvalue weighted by molar-refractivity contribution is 0.0950. The van der Waals surface area contributed by atoms with E-state index >= 15 is 0 Å². The average Bonchev–Trinajstić information content (AvgIpc) is 2.97. The first-order chi connectivity index (χ1) is 9.91. The number of hydrogen-bond donors (Lipinski definition) is 2. The van der Waals surface area contributed by atoms with Gasteiger partial charge in [0.2, 0.25) is 0 Å². The predicted molar refractivity (Wildman–Crippen MR) is 75.8 cm³/mol. The van der Waals surface area contributed by atoms with Crippen molar-refractivity contribution in [1.82, 2.24) is 15.5 Å². The average molecular weight is 330 g/mol. The van der Waals surface area contributed by atoms with Gasteiger partial charge in [0.1, 0.15) is 5.75 Å². The van der Waals surface area contributed by atoms with Crippen LogP contribution in [0, 0.1) is 0 Å². The summed E-state index contributed by atoms with van der Waals surface area (Å²) in [5, 5.41) is 8.84. The van der Waals surface area contributed by atoms with Crippen LogP contribution in [-0.4, -0.2) is 31.6 Å². The number of methoxy groups -OCH3 is 1. The first-order valence-corrected chi connectivity index (χ1v) is 8.11. The number of aromatic nitrogens is 2. The Morgan fingerprint density at radius 2 is 2.24 bits per heavy atom. The molecule has 0 spiro atoms. The zero-order valence-corrected chi connectivity index (χ0v) is 12.5. The fraction of sp³-hybridized carbons (Fsp3) is 0.167. The van der Waals surface area contributed by atoms with E-state index in [4.69, 9.17) is 15.4 Å². The molecule has 0 atom stereocenters. The van der Waals surface area contributed by atoms with Gasteiger partial charge in [0, 0.05) is 29.0 Å². The lowest BCUT2D eigenvalue weighted by atomic mass is 10.2. The number of aromatic amines is 1. The van der Waals surface area contributed by atoms with Gasteiger partial charge in [-0.25, -0.2) is 8.42 Å². The number of nitrogens with one attached hydrogen (secondary N) is 2. The Labute approximate surface area is 125 Å². The Balaban J connectivity index is 2.20. The molecule has 7 nitrogen and oxygen atoms in total. The van der Waals surface area contributed by atoms with Gasteiger partial charge >= 0.3 is 0 Å². The molecule has 2 rings (SSSR count). The molecule has 21 heavy (non-hydrogen) atoms. The number of hydrogen-bond acceptors (Lipinski definition) is 5. The van der Waals surface area contributed by atoms with Gasteiger partial charge in [-0.2, -0.15) is 5.10 Å². The first-order valence-electron chi connectivity index (χ1n) is 5.80. The molecule has 2 N–H and O–H groups in total. The minimum Gasteiger partial charge on any atom is -0.496 e. The third-order valence-corrected chi connectivity index (χ3v) is 4.08. The minimum absolute atomic E-state index is 0.0578. The Kier molecular flexibility index (Phi) is 4.49. The molecule has 0 bridgehead atoms. The minimum atomic E-state index is -3.84. The highest BCUT2D eigenvalue weighted by molar-refractivity contribution is 8.13. The van der Waals surface area contributed by atoms with Gasteiger partial charge in [-0.3, -0.25) is 9.89 Å². The van der Waals surface area contributed by atoms with Gasteiger partial charge in [-0.05, 0) is 18.2 Å². The van der Waals surface area contributed by atoms with E-state index in [1.54, 1.807) is 0 Å². The number of rotatable bonds is 5. The predicted octanol–water partition coefficient (Wildman–Crippen LogP) is 1.28. The number of ether oxygens (including phenoxy) is 1. The van der Waals surface area contributed by atoms with Crippen LogP contribution in [0.5, 0.6) is 5.75 Å². The number of amides is 1. The van der Waals surface area contributed by atoms with Crippen LogP contribution < -0.4 is 10.1 Å². The molecule has 9 heteroatoms. The van der Waals surface area contributed by atoms with Gasteiger partial charge in [-0.1, -0.05) is 0 Å². The Morgan fingerprint density at radius 1 is 1.48 bits per heavy atom. The van der Waals surface area contributed by atoms with Gasteiger partial charge in [0.05, 0.1) is 23.8 Å². The quantitative estimate of drug-likeness (QED) is 0.804. The molecule has 1 amide bonds. The summed E-state index contributed by atoms with van der Waals surface area (Å²) in [6, 6.07) is 4.17. The Hall–Kier alpha value is -2.06. The van der Waals surface area contributed by atoms with Crippen LogP contribution >= 0.6 is 10.7 Å². The van der Waals surface area contributed by atoms with Crippen molar-refractivity contribution in [2.75, 3.05) is 7.11 Å². The zero-order chi connectivity index (χ0) is 15.5. The largest absolute Gasteiger partial charge is 0.496 e. The fourth-order valence-corrected chi connectivity index (χ4v) is 2.50. The van der Waals surface area contributed by atoms with Crippen LogP contribution in [0.15, 0.2) is 35.5 Å². The van der Waals surface area contributed by atoms with Crippen LogP contribution in [0.4, 0.5) is 0 Å². The molecule has 112 valence electrons. The van der Waals surface area contributed by atoms with Gasteiger partial charge in [-0.15, -0.1) is 0 Å². The molecule has 1 heterocycles. The third kappa shape index (κ3) is 3.73. The number of benzene rings is 1. The Morgan fingerprint density at radius 3 is 2.81 bits per heavy atom. The van der Waals surface area contributed by atoms with E-state index in [0.717, 1.165) is 0 Å². The molecule has 1 aromatic heterocycles. The zero-order valence-electron chi connectivity index (χ0n) is 11.0.